The van der Waals surface area contributed by atoms with Crippen molar-refractivity contribution in [1.29, 1.82) is 0 Å². The molecular weight excluding hydrogens is 932 g/mol. The van der Waals surface area contributed by atoms with Gasteiger partial charge in [-0.1, -0.05) is 114 Å². The number of ether oxygens (including phenoxy) is 2. The second kappa shape index (κ2) is 23.2. The highest BCUT2D eigenvalue weighted by Crippen LogP contribution is 2.58. The number of methoxy groups -OCH3 is 2. The van der Waals surface area contributed by atoms with Gasteiger partial charge in [-0.05, 0) is 126 Å². The number of hydrogen-bond donors (Lipinski definition) is 0. The Bertz CT molecular complexity index is 3600. The van der Waals surface area contributed by atoms with Crippen LogP contribution >= 0.6 is 9.90 Å². The Labute approximate surface area is 427 Å². The summed E-state index contributed by atoms with van der Waals surface area (Å²) < 4.78 is 10.3. The molecule has 12 rings (SSSR count). The van der Waals surface area contributed by atoms with Gasteiger partial charge in [0.1, 0.15) is 0 Å². The molecule has 9 nitrogen and oxygen atoms in total. The highest BCUT2D eigenvalue weighted by atomic mass is 31.0. The fraction of sp³-hybridized carbons (Fsp3) is 0.159. The van der Waals surface area contributed by atoms with E-state index < -0.39 is 0 Å². The maximum absolute atomic E-state index is 13.2. The van der Waals surface area contributed by atoms with Gasteiger partial charge in [0.25, 0.3) is 0 Å². The quantitative estimate of drug-likeness (QED) is 0.0732. The molecule has 358 valence electrons. The minimum atomic E-state index is -0.306. The SMILES string of the molecule is C#Cc1ccc(C#C)c2c1C1C(C)=C(C(=O)OC)C2c2ccccc21.CC#Cc1ccc(C#Cc2cccc(C(=O)c3cccc(C)c3)c2)c2c1C1C(C(=O)OC)=C(C)C2c2ccccc21.O=C=O.O=C=O.P. The lowest BCUT2D eigenvalue weighted by atomic mass is 9.59. The first-order valence-corrected chi connectivity index (χ1v) is 22.6. The lowest BCUT2D eigenvalue weighted by Gasteiger charge is -2.43. The van der Waals surface area contributed by atoms with Crippen LogP contribution in [0.3, 0.4) is 0 Å². The number of benzene rings is 6. The van der Waals surface area contributed by atoms with Crippen LogP contribution in [0.1, 0.15) is 138 Å². The smallest absolute Gasteiger partial charge is 0.373 e. The molecule has 0 saturated heterocycles. The van der Waals surface area contributed by atoms with E-state index in [4.69, 9.17) is 41.5 Å². The van der Waals surface area contributed by atoms with Crippen LogP contribution in [0, 0.1) is 55.3 Å². The molecule has 0 aliphatic heterocycles. The molecule has 0 heterocycles. The van der Waals surface area contributed by atoms with Crippen molar-refractivity contribution in [2.24, 2.45) is 0 Å². The van der Waals surface area contributed by atoms with E-state index in [9.17, 15) is 14.4 Å². The predicted molar refractivity (Wildman–Crippen MR) is 279 cm³/mol. The summed E-state index contributed by atoms with van der Waals surface area (Å²) in [5, 5.41) is 0. The molecule has 0 fully saturated rings. The van der Waals surface area contributed by atoms with E-state index in [1.807, 2.05) is 125 Å². The van der Waals surface area contributed by atoms with Crippen molar-refractivity contribution in [3.05, 3.63) is 233 Å². The Hall–Kier alpha value is -9.16. The third-order valence-corrected chi connectivity index (χ3v) is 13.4. The molecule has 0 N–H and O–H groups in total. The van der Waals surface area contributed by atoms with E-state index in [1.165, 1.54) is 25.3 Å². The maximum atomic E-state index is 13.2. The molecule has 0 aromatic heterocycles. The number of allylic oxidation sites excluding steroid dienone is 2. The molecule has 0 amide bonds. The van der Waals surface area contributed by atoms with Crippen LogP contribution in [0.2, 0.25) is 0 Å². The lowest BCUT2D eigenvalue weighted by Crippen LogP contribution is -2.32. The monoisotopic (exact) mass is 978 g/mol. The van der Waals surface area contributed by atoms with Gasteiger partial charge in [-0.3, -0.25) is 4.79 Å². The zero-order chi connectivity index (χ0) is 51.8. The number of carbonyl (C=O) groups excluding carboxylic acids is 7. The number of aryl methyl sites for hydroxylation is 1. The van der Waals surface area contributed by atoms with Crippen LogP contribution < -0.4 is 0 Å². The van der Waals surface area contributed by atoms with E-state index in [2.05, 4.69) is 59.8 Å². The van der Waals surface area contributed by atoms with Crippen molar-refractivity contribution in [3.8, 4) is 48.4 Å². The van der Waals surface area contributed by atoms with Crippen LogP contribution in [-0.2, 0) is 38.2 Å². The van der Waals surface area contributed by atoms with Crippen LogP contribution in [0.25, 0.3) is 0 Å². The summed E-state index contributed by atoms with van der Waals surface area (Å²) in [6.07, 6.45) is 12.0. The van der Waals surface area contributed by atoms with Crippen LogP contribution in [0.5, 0.6) is 0 Å². The summed E-state index contributed by atoms with van der Waals surface area (Å²) in [4.78, 5) is 71.3. The molecule has 0 saturated carbocycles. The van der Waals surface area contributed by atoms with Gasteiger partial charge >= 0.3 is 24.2 Å². The molecular formula is C63H47O9P. The van der Waals surface area contributed by atoms with Gasteiger partial charge in [-0.15, -0.1) is 18.8 Å². The van der Waals surface area contributed by atoms with Gasteiger partial charge in [0.2, 0.25) is 0 Å². The Kier molecular flexibility index (Phi) is 16.9. The maximum Gasteiger partial charge on any atom is 0.373 e. The van der Waals surface area contributed by atoms with Crippen molar-refractivity contribution in [1.82, 2.24) is 0 Å². The molecule has 0 spiro atoms. The molecule has 5 atom stereocenters. The Morgan fingerprint density at radius 2 is 0.863 bits per heavy atom. The number of carbonyl (C=O) groups is 3. The van der Waals surface area contributed by atoms with Crippen LogP contribution in [0.4, 0.5) is 0 Å². The van der Waals surface area contributed by atoms with Crippen molar-refractivity contribution in [2.75, 3.05) is 14.2 Å². The van der Waals surface area contributed by atoms with Crippen molar-refractivity contribution >= 4 is 39.9 Å². The largest absolute Gasteiger partial charge is 0.466 e. The minimum Gasteiger partial charge on any atom is -0.466 e. The fourth-order valence-corrected chi connectivity index (χ4v) is 10.7. The molecule has 6 aromatic carbocycles. The summed E-state index contributed by atoms with van der Waals surface area (Å²) in [6, 6.07) is 39.4. The summed E-state index contributed by atoms with van der Waals surface area (Å²) in [5.41, 5.74) is 18.6. The summed E-state index contributed by atoms with van der Waals surface area (Å²) in [5.74, 6) is 17.3. The fourth-order valence-electron chi connectivity index (χ4n) is 10.7. The van der Waals surface area contributed by atoms with E-state index in [-0.39, 0.29) is 63.6 Å². The number of terminal acetylenes is 2. The lowest BCUT2D eigenvalue weighted by molar-refractivity contribution is -0.193. The zero-order valence-electron chi connectivity index (χ0n) is 40.9. The van der Waals surface area contributed by atoms with Gasteiger partial charge < -0.3 is 9.47 Å². The third-order valence-electron chi connectivity index (χ3n) is 13.4. The van der Waals surface area contributed by atoms with Crippen LogP contribution in [0.15, 0.2) is 144 Å². The molecule has 5 unspecified atom stereocenters. The Morgan fingerprint density at radius 1 is 0.479 bits per heavy atom. The van der Waals surface area contributed by atoms with Crippen LogP contribution in [-0.4, -0.2) is 44.2 Å². The number of ketones is 1. The topological polar surface area (TPSA) is 138 Å². The molecule has 6 aromatic rings. The second-order valence-electron chi connectivity index (χ2n) is 17.0. The van der Waals surface area contributed by atoms with Gasteiger partial charge in [0, 0.05) is 73.8 Å². The second-order valence-corrected chi connectivity index (χ2v) is 17.0. The molecule has 10 heteroatoms. The molecule has 73 heavy (non-hydrogen) atoms. The number of hydrogen-bond acceptors (Lipinski definition) is 9. The highest BCUT2D eigenvalue weighted by molar-refractivity contribution is 6.92. The number of rotatable bonds is 4. The average molecular weight is 979 g/mol. The third kappa shape index (κ3) is 9.70. The summed E-state index contributed by atoms with van der Waals surface area (Å²) in [6.45, 7) is 7.82. The summed E-state index contributed by atoms with van der Waals surface area (Å²) in [7, 11) is 2.85. The minimum absolute atomic E-state index is 0. The van der Waals surface area contributed by atoms with Crippen molar-refractivity contribution in [3.63, 3.8) is 0 Å². The van der Waals surface area contributed by atoms with E-state index in [0.717, 1.165) is 77.9 Å². The molecule has 6 aliphatic carbocycles. The Balaban J connectivity index is 0.000000232. The first kappa shape index (κ1) is 53.2. The average Bonchev–Trinajstić information content (AvgIpc) is 3.40. The van der Waals surface area contributed by atoms with E-state index in [0.29, 0.717) is 22.3 Å². The van der Waals surface area contributed by atoms with Crippen molar-refractivity contribution < 1.29 is 43.0 Å². The normalized spacial score (nSPS) is 15.9. The van der Waals surface area contributed by atoms with E-state index in [1.54, 1.807) is 0 Å². The Morgan fingerprint density at radius 3 is 1.30 bits per heavy atom. The zero-order valence-corrected chi connectivity index (χ0v) is 42.3. The first-order chi connectivity index (χ1) is 34.9. The molecule has 6 aliphatic rings. The standard InChI is InChI=1S/C38H28O3.C23H16O2.2CO2.H3P/c1-5-10-26-19-20-27(18-17-25-12-9-14-29(22-25)37(39)28-13-8-11-23(2)21-28)34-32-24(3)33(38(40)41-4)36(35(26)34)31-16-7-6-15-30(31)32;1-5-14-11-12-15(6-2)21-20(14)18-13(3)19(23(24)25-4)22(21)17-10-8-7-9-16(17)18;2*2-1-3;/h6-9,11-16,19-22,32,36H,1-4H3;1-2,7-12,18,22H,3-4H3;;;1H3. The van der Waals surface area contributed by atoms with Gasteiger partial charge in [0.15, 0.2) is 5.78 Å². The predicted octanol–water partition coefficient (Wildman–Crippen LogP) is 9.70. The number of esters is 2. The van der Waals surface area contributed by atoms with Crippen molar-refractivity contribution in [2.45, 2.75) is 51.4 Å². The van der Waals surface area contributed by atoms with Gasteiger partial charge in [0.05, 0.1) is 14.2 Å². The van der Waals surface area contributed by atoms with Gasteiger partial charge in [-0.2, -0.15) is 29.1 Å². The first-order valence-electron chi connectivity index (χ1n) is 22.6. The van der Waals surface area contributed by atoms with E-state index >= 15 is 0 Å². The van der Waals surface area contributed by atoms with Gasteiger partial charge in [-0.25, -0.2) is 9.59 Å². The highest BCUT2D eigenvalue weighted by Gasteiger charge is 2.47. The molecule has 4 bridgehead atoms. The summed E-state index contributed by atoms with van der Waals surface area (Å²) >= 11 is 0. The molecule has 0 radical (unpaired) electrons.